The number of aromatic nitrogens is 1. The lowest BCUT2D eigenvalue weighted by molar-refractivity contribution is -0.274. The smallest absolute Gasteiger partial charge is 0.475 e. The summed E-state index contributed by atoms with van der Waals surface area (Å²) in [5, 5.41) is 6.03. The lowest BCUT2D eigenvalue weighted by atomic mass is 10.2. The summed E-state index contributed by atoms with van der Waals surface area (Å²) in [7, 11) is 3.16. The third kappa shape index (κ3) is 8.26. The number of nitrogens with one attached hydrogen (secondary N) is 2. The highest BCUT2D eigenvalue weighted by atomic mass is 19.4. The number of hydrogen-bond donors (Lipinski definition) is 2. The molecule has 0 aliphatic rings. The number of nitrogens with zero attached hydrogens (tertiary/aromatic N) is 2. The molecule has 0 atom stereocenters. The number of ether oxygens (including phenoxy) is 3. The molecular weight excluding hydrogens is 389 g/mol. The van der Waals surface area contributed by atoms with Crippen molar-refractivity contribution < 1.29 is 27.4 Å². The van der Waals surface area contributed by atoms with Gasteiger partial charge in [-0.05, 0) is 11.6 Å². The molecule has 7 nitrogen and oxygen atoms in total. The van der Waals surface area contributed by atoms with Crippen LogP contribution in [-0.2, 0) is 17.8 Å². The highest BCUT2D eigenvalue weighted by molar-refractivity contribution is 5.79. The van der Waals surface area contributed by atoms with Crippen molar-refractivity contribution in [1.82, 2.24) is 15.6 Å². The first-order valence-corrected chi connectivity index (χ1v) is 8.76. The van der Waals surface area contributed by atoms with Gasteiger partial charge < -0.3 is 24.8 Å². The predicted molar refractivity (Wildman–Crippen MR) is 102 cm³/mol. The number of guanidine groups is 1. The first-order chi connectivity index (χ1) is 13.9. The van der Waals surface area contributed by atoms with Crippen LogP contribution in [-0.4, -0.2) is 44.7 Å². The number of pyridine rings is 1. The number of aliphatic imine (C=N–C) groups is 1. The number of alkyl halides is 3. The van der Waals surface area contributed by atoms with Crippen molar-refractivity contribution in [3.63, 3.8) is 0 Å². The maximum absolute atomic E-state index is 12.5. The van der Waals surface area contributed by atoms with Crippen molar-refractivity contribution in [2.75, 3.05) is 27.4 Å². The largest absolute Gasteiger partial charge is 0.573 e. The van der Waals surface area contributed by atoms with Gasteiger partial charge in [0.05, 0.1) is 6.61 Å². The van der Waals surface area contributed by atoms with E-state index in [0.29, 0.717) is 37.2 Å². The zero-order valence-electron chi connectivity index (χ0n) is 16.1. The third-order valence-corrected chi connectivity index (χ3v) is 3.66. The zero-order valence-corrected chi connectivity index (χ0v) is 16.1. The van der Waals surface area contributed by atoms with Gasteiger partial charge in [0.2, 0.25) is 5.88 Å². The Labute approximate surface area is 166 Å². The second-order valence-electron chi connectivity index (χ2n) is 5.78. The van der Waals surface area contributed by atoms with Gasteiger partial charge in [0.25, 0.3) is 0 Å². The fraction of sp³-hybridized carbons (Fsp3) is 0.368. The lowest BCUT2D eigenvalue weighted by Crippen LogP contribution is -2.36. The second-order valence-corrected chi connectivity index (χ2v) is 5.78. The molecule has 0 bridgehead atoms. The molecule has 0 saturated heterocycles. The molecule has 0 radical (unpaired) electrons. The molecule has 0 aliphatic heterocycles. The van der Waals surface area contributed by atoms with Crippen LogP contribution in [0.5, 0.6) is 11.6 Å². The monoisotopic (exact) mass is 412 g/mol. The van der Waals surface area contributed by atoms with Crippen molar-refractivity contribution in [1.29, 1.82) is 0 Å². The molecule has 10 heteroatoms. The van der Waals surface area contributed by atoms with Crippen molar-refractivity contribution in [3.8, 4) is 11.6 Å². The molecule has 1 aromatic heterocycles. The van der Waals surface area contributed by atoms with Gasteiger partial charge >= 0.3 is 6.36 Å². The van der Waals surface area contributed by atoms with E-state index in [1.165, 1.54) is 12.1 Å². The minimum absolute atomic E-state index is 0.108. The van der Waals surface area contributed by atoms with Gasteiger partial charge in [-0.15, -0.1) is 13.2 Å². The van der Waals surface area contributed by atoms with Gasteiger partial charge in [-0.1, -0.05) is 24.3 Å². The molecule has 2 N–H and O–H groups in total. The van der Waals surface area contributed by atoms with Crippen molar-refractivity contribution >= 4 is 5.96 Å². The molecule has 158 valence electrons. The maximum Gasteiger partial charge on any atom is 0.573 e. The van der Waals surface area contributed by atoms with Crippen LogP contribution < -0.4 is 20.1 Å². The van der Waals surface area contributed by atoms with E-state index in [0.717, 1.165) is 5.56 Å². The van der Waals surface area contributed by atoms with E-state index in [1.54, 1.807) is 38.6 Å². The van der Waals surface area contributed by atoms with Gasteiger partial charge in [0.1, 0.15) is 12.4 Å². The maximum atomic E-state index is 12.5. The van der Waals surface area contributed by atoms with Crippen LogP contribution in [0.4, 0.5) is 13.2 Å². The number of hydrogen-bond acceptors (Lipinski definition) is 5. The summed E-state index contributed by atoms with van der Waals surface area (Å²) in [4.78, 5) is 8.25. The molecule has 0 fully saturated rings. The third-order valence-electron chi connectivity index (χ3n) is 3.66. The summed E-state index contributed by atoms with van der Waals surface area (Å²) in [5.74, 6) is 0.665. The van der Waals surface area contributed by atoms with Crippen molar-refractivity contribution in [3.05, 3.63) is 53.7 Å². The Morgan fingerprint density at radius 3 is 2.48 bits per heavy atom. The highest BCUT2D eigenvalue weighted by Crippen LogP contribution is 2.26. The Bertz CT molecular complexity index is 783. The van der Waals surface area contributed by atoms with E-state index < -0.39 is 6.36 Å². The number of halogens is 3. The normalized spacial score (nSPS) is 11.8. The van der Waals surface area contributed by atoms with E-state index in [1.807, 2.05) is 6.07 Å². The second kappa shape index (κ2) is 11.1. The van der Waals surface area contributed by atoms with E-state index in [-0.39, 0.29) is 12.3 Å². The quantitative estimate of drug-likeness (QED) is 0.375. The molecule has 0 saturated carbocycles. The Kier molecular flexibility index (Phi) is 8.53. The molecule has 1 heterocycles. The van der Waals surface area contributed by atoms with Gasteiger partial charge in [-0.3, -0.25) is 4.99 Å². The van der Waals surface area contributed by atoms with E-state index >= 15 is 0 Å². The summed E-state index contributed by atoms with van der Waals surface area (Å²) in [6.45, 7) is 1.42. The van der Waals surface area contributed by atoms with E-state index in [4.69, 9.17) is 9.47 Å². The standard InChI is InChI=1S/C19H23F3N4O3/c1-23-18(25-12-14-7-8-17(24-11-14)28-10-9-27-2)26-13-15-5-3-4-6-16(15)29-19(20,21)22/h3-8,11H,9-10,12-13H2,1-2H3,(H2,23,25,26). The van der Waals surface area contributed by atoms with Crippen LogP contribution in [0.2, 0.25) is 0 Å². The van der Waals surface area contributed by atoms with E-state index in [2.05, 4.69) is 25.3 Å². The van der Waals surface area contributed by atoms with Gasteiger partial charge in [0, 0.05) is 45.1 Å². The van der Waals surface area contributed by atoms with Gasteiger partial charge in [0.15, 0.2) is 5.96 Å². The molecule has 0 amide bonds. The predicted octanol–water partition coefficient (Wildman–Crippen LogP) is 2.87. The van der Waals surface area contributed by atoms with Gasteiger partial charge in [-0.2, -0.15) is 0 Å². The van der Waals surface area contributed by atoms with Crippen molar-refractivity contribution in [2.45, 2.75) is 19.5 Å². The highest BCUT2D eigenvalue weighted by Gasteiger charge is 2.31. The molecule has 0 aliphatic carbocycles. The molecule has 0 spiro atoms. The summed E-state index contributed by atoms with van der Waals surface area (Å²) >= 11 is 0. The average Bonchev–Trinajstić information content (AvgIpc) is 2.69. The Morgan fingerprint density at radius 1 is 1.07 bits per heavy atom. The first-order valence-electron chi connectivity index (χ1n) is 8.76. The molecular formula is C19H23F3N4O3. The van der Waals surface area contributed by atoms with Crippen LogP contribution in [0.1, 0.15) is 11.1 Å². The van der Waals surface area contributed by atoms with Crippen LogP contribution in [0.15, 0.2) is 47.6 Å². The summed E-state index contributed by atoms with van der Waals surface area (Å²) < 4.78 is 51.9. The fourth-order valence-corrected chi connectivity index (χ4v) is 2.29. The van der Waals surface area contributed by atoms with Crippen LogP contribution in [0.3, 0.4) is 0 Å². The molecule has 1 aromatic carbocycles. The van der Waals surface area contributed by atoms with Crippen LogP contribution in [0, 0.1) is 0 Å². The number of methoxy groups -OCH3 is 1. The fourth-order valence-electron chi connectivity index (χ4n) is 2.29. The zero-order chi connectivity index (χ0) is 21.1. The minimum atomic E-state index is -4.75. The molecule has 2 rings (SSSR count). The number of benzene rings is 1. The Morgan fingerprint density at radius 2 is 1.83 bits per heavy atom. The molecule has 2 aromatic rings. The summed E-state index contributed by atoms with van der Waals surface area (Å²) in [6, 6.07) is 9.53. The average molecular weight is 412 g/mol. The summed E-state index contributed by atoms with van der Waals surface area (Å²) in [6.07, 6.45) is -3.09. The molecule has 29 heavy (non-hydrogen) atoms. The molecule has 0 unspecified atom stereocenters. The van der Waals surface area contributed by atoms with Crippen LogP contribution >= 0.6 is 0 Å². The SMILES string of the molecule is CN=C(NCc1ccc(OCCOC)nc1)NCc1ccccc1OC(F)(F)F. The first kappa shape index (κ1) is 22.3. The van der Waals surface area contributed by atoms with Crippen molar-refractivity contribution in [2.24, 2.45) is 4.99 Å². The number of rotatable bonds is 9. The van der Waals surface area contributed by atoms with E-state index in [9.17, 15) is 13.2 Å². The topological polar surface area (TPSA) is 77.0 Å². The number of para-hydroxylation sites is 1. The lowest BCUT2D eigenvalue weighted by Gasteiger charge is -2.15. The van der Waals surface area contributed by atoms with Gasteiger partial charge in [-0.25, -0.2) is 4.98 Å². The minimum Gasteiger partial charge on any atom is -0.475 e. The van der Waals surface area contributed by atoms with Crippen LogP contribution in [0.25, 0.3) is 0 Å². The Balaban J connectivity index is 1.86. The Hall–Kier alpha value is -3.01. The summed E-state index contributed by atoms with van der Waals surface area (Å²) in [5.41, 5.74) is 1.24.